The summed E-state index contributed by atoms with van der Waals surface area (Å²) in [6.45, 7) is 6.92. The third-order valence-electron chi connectivity index (χ3n) is 4.92. The Morgan fingerprint density at radius 1 is 1.36 bits per heavy atom. The first-order valence-electron chi connectivity index (χ1n) is 9.27. The van der Waals surface area contributed by atoms with E-state index in [0.717, 1.165) is 59.6 Å². The maximum Gasteiger partial charge on any atom is 0.313 e. The van der Waals surface area contributed by atoms with Crippen molar-refractivity contribution in [2.45, 2.75) is 71.8 Å². The lowest BCUT2D eigenvalue weighted by Gasteiger charge is -2.21. The second-order valence-electron chi connectivity index (χ2n) is 6.64. The molecule has 1 aliphatic rings. The van der Waals surface area contributed by atoms with Crippen molar-refractivity contribution in [3.8, 4) is 0 Å². The summed E-state index contributed by atoms with van der Waals surface area (Å²) in [4.78, 5) is 32.2. The van der Waals surface area contributed by atoms with Crippen molar-refractivity contribution in [2.75, 3.05) is 6.61 Å². The predicted octanol–water partition coefficient (Wildman–Crippen LogP) is 3.94. The van der Waals surface area contributed by atoms with Crippen molar-refractivity contribution in [2.24, 2.45) is 0 Å². The Hall–Kier alpha value is -1.69. The van der Waals surface area contributed by atoms with Crippen LogP contribution < -0.4 is 5.56 Å². The van der Waals surface area contributed by atoms with E-state index in [9.17, 15) is 9.59 Å². The van der Waals surface area contributed by atoms with Gasteiger partial charge in [-0.2, -0.15) is 0 Å². The van der Waals surface area contributed by atoms with E-state index in [4.69, 9.17) is 4.74 Å². The average molecular weight is 362 g/mol. The molecule has 1 atom stereocenters. The first-order chi connectivity index (χ1) is 12.1. The van der Waals surface area contributed by atoms with Crippen molar-refractivity contribution in [3.63, 3.8) is 0 Å². The minimum Gasteiger partial charge on any atom is -0.466 e. The minimum absolute atomic E-state index is 0.00676. The fraction of sp³-hybridized carbons (Fsp3) is 0.632. The van der Waals surface area contributed by atoms with Crippen LogP contribution in [0.3, 0.4) is 0 Å². The van der Waals surface area contributed by atoms with Gasteiger partial charge in [-0.25, -0.2) is 4.98 Å². The molecule has 0 bridgehead atoms. The Kier molecular flexibility index (Phi) is 5.57. The topological polar surface area (TPSA) is 61.2 Å². The fourth-order valence-corrected chi connectivity index (χ4v) is 4.99. The highest BCUT2D eigenvalue weighted by Crippen LogP contribution is 2.41. The van der Waals surface area contributed by atoms with E-state index < -0.39 is 0 Å². The molecule has 5 nitrogen and oxygen atoms in total. The number of unbranched alkanes of at least 4 members (excludes halogenated alkanes) is 2. The van der Waals surface area contributed by atoms with Gasteiger partial charge in [0.25, 0.3) is 5.56 Å². The molecule has 136 valence electrons. The minimum atomic E-state index is -0.321. The van der Waals surface area contributed by atoms with Gasteiger partial charge in [-0.15, -0.1) is 11.3 Å². The van der Waals surface area contributed by atoms with Gasteiger partial charge in [0.2, 0.25) is 0 Å². The van der Waals surface area contributed by atoms with Crippen LogP contribution in [0.1, 0.15) is 68.1 Å². The number of hydrogen-bond donors (Lipinski definition) is 0. The van der Waals surface area contributed by atoms with Crippen LogP contribution in [0.4, 0.5) is 0 Å². The number of nitrogens with zero attached hydrogens (tertiary/aromatic N) is 2. The van der Waals surface area contributed by atoms with Gasteiger partial charge >= 0.3 is 5.97 Å². The number of fused-ring (bicyclic) bond motifs is 3. The molecule has 0 saturated heterocycles. The van der Waals surface area contributed by atoms with Gasteiger partial charge in [0.05, 0.1) is 17.9 Å². The quantitative estimate of drug-likeness (QED) is 0.577. The zero-order valence-electron chi connectivity index (χ0n) is 15.3. The van der Waals surface area contributed by atoms with Crippen LogP contribution in [-0.2, 0) is 22.5 Å². The lowest BCUT2D eigenvalue weighted by molar-refractivity contribution is -0.145. The smallest absolute Gasteiger partial charge is 0.313 e. The van der Waals surface area contributed by atoms with Crippen LogP contribution in [0.15, 0.2) is 4.79 Å². The SMILES string of the molecule is CCCCCn1c(C)nc2sc3c(c2c1=O)C(C(=O)OCC)CCC3. The van der Waals surface area contributed by atoms with Gasteiger partial charge in [-0.1, -0.05) is 19.8 Å². The number of ether oxygens (including phenoxy) is 1. The number of carbonyl (C=O) groups is 1. The molecular weight excluding hydrogens is 336 g/mol. The van der Waals surface area contributed by atoms with Crippen LogP contribution in [0.5, 0.6) is 0 Å². The summed E-state index contributed by atoms with van der Waals surface area (Å²) in [6, 6.07) is 0. The van der Waals surface area contributed by atoms with Crippen molar-refractivity contribution in [1.82, 2.24) is 9.55 Å². The van der Waals surface area contributed by atoms with Gasteiger partial charge < -0.3 is 4.74 Å². The Morgan fingerprint density at radius 2 is 2.16 bits per heavy atom. The number of hydrogen-bond acceptors (Lipinski definition) is 5. The third-order valence-corrected chi connectivity index (χ3v) is 6.08. The predicted molar refractivity (Wildman–Crippen MR) is 100 cm³/mol. The fourth-order valence-electron chi connectivity index (χ4n) is 3.68. The average Bonchev–Trinajstić information content (AvgIpc) is 2.96. The largest absolute Gasteiger partial charge is 0.466 e. The zero-order chi connectivity index (χ0) is 18.0. The first kappa shape index (κ1) is 18.1. The van der Waals surface area contributed by atoms with Crippen LogP contribution in [0, 0.1) is 6.92 Å². The molecule has 1 aliphatic carbocycles. The molecule has 0 spiro atoms. The van der Waals surface area contributed by atoms with Crippen LogP contribution >= 0.6 is 11.3 Å². The zero-order valence-corrected chi connectivity index (χ0v) is 16.1. The van der Waals surface area contributed by atoms with E-state index in [-0.39, 0.29) is 17.4 Å². The van der Waals surface area contributed by atoms with E-state index in [1.54, 1.807) is 15.9 Å². The number of rotatable bonds is 6. The van der Waals surface area contributed by atoms with Gasteiger partial charge in [0.1, 0.15) is 10.7 Å². The van der Waals surface area contributed by atoms with Crippen molar-refractivity contribution in [1.29, 1.82) is 0 Å². The Balaban J connectivity index is 2.12. The standard InChI is InChI=1S/C19H26N2O3S/c1-4-6-7-11-21-12(3)20-17-16(18(21)22)15-13(19(23)24-5-2)9-8-10-14(15)25-17/h13H,4-11H2,1-3H3. The molecule has 3 rings (SSSR count). The van der Waals surface area contributed by atoms with Crippen molar-refractivity contribution >= 4 is 27.5 Å². The summed E-state index contributed by atoms with van der Waals surface area (Å²) in [5.41, 5.74) is 0.902. The van der Waals surface area contributed by atoms with Gasteiger partial charge in [-0.05, 0) is 45.1 Å². The van der Waals surface area contributed by atoms with E-state index in [0.29, 0.717) is 18.5 Å². The normalized spacial score (nSPS) is 16.8. The molecule has 0 aromatic carbocycles. The van der Waals surface area contributed by atoms with E-state index in [1.807, 2.05) is 13.8 Å². The number of esters is 1. The molecule has 0 N–H and O–H groups in total. The van der Waals surface area contributed by atoms with E-state index in [2.05, 4.69) is 11.9 Å². The number of thiophene rings is 1. The summed E-state index contributed by atoms with van der Waals surface area (Å²) < 4.78 is 7.05. The molecule has 2 aromatic rings. The molecule has 2 heterocycles. The second kappa shape index (κ2) is 7.68. The molecular formula is C19H26N2O3S. The van der Waals surface area contributed by atoms with Crippen LogP contribution in [0.2, 0.25) is 0 Å². The molecule has 0 radical (unpaired) electrons. The highest BCUT2D eigenvalue weighted by molar-refractivity contribution is 7.18. The summed E-state index contributed by atoms with van der Waals surface area (Å²) in [5.74, 6) is 0.235. The maximum absolute atomic E-state index is 13.2. The lowest BCUT2D eigenvalue weighted by atomic mass is 9.86. The Morgan fingerprint density at radius 3 is 2.88 bits per heavy atom. The maximum atomic E-state index is 13.2. The highest BCUT2D eigenvalue weighted by atomic mass is 32.1. The molecule has 0 amide bonds. The molecule has 0 fully saturated rings. The number of aromatic nitrogens is 2. The van der Waals surface area contributed by atoms with E-state index >= 15 is 0 Å². The second-order valence-corrected chi connectivity index (χ2v) is 7.72. The number of carbonyl (C=O) groups excluding carboxylic acids is 1. The molecule has 2 aromatic heterocycles. The monoisotopic (exact) mass is 362 g/mol. The summed E-state index contributed by atoms with van der Waals surface area (Å²) in [7, 11) is 0. The van der Waals surface area contributed by atoms with E-state index in [1.165, 1.54) is 0 Å². The third kappa shape index (κ3) is 3.36. The van der Waals surface area contributed by atoms with Gasteiger partial charge in [0.15, 0.2) is 0 Å². The number of aryl methyl sites for hydroxylation is 2. The highest BCUT2D eigenvalue weighted by Gasteiger charge is 2.33. The molecule has 0 saturated carbocycles. The Labute approximate surface area is 152 Å². The molecule has 6 heteroatoms. The molecule has 25 heavy (non-hydrogen) atoms. The molecule has 1 unspecified atom stereocenters. The Bertz CT molecular complexity index is 837. The molecule has 0 aliphatic heterocycles. The van der Waals surface area contributed by atoms with Crippen LogP contribution in [0.25, 0.3) is 10.2 Å². The summed E-state index contributed by atoms with van der Waals surface area (Å²) in [6.07, 6.45) is 5.80. The van der Waals surface area contributed by atoms with Crippen LogP contribution in [-0.4, -0.2) is 22.1 Å². The first-order valence-corrected chi connectivity index (χ1v) is 10.1. The summed E-state index contributed by atoms with van der Waals surface area (Å²) >= 11 is 1.57. The summed E-state index contributed by atoms with van der Waals surface area (Å²) in [5, 5.41) is 0.653. The van der Waals surface area contributed by atoms with Crippen molar-refractivity contribution in [3.05, 3.63) is 26.6 Å². The lowest BCUT2D eigenvalue weighted by Crippen LogP contribution is -2.26. The van der Waals surface area contributed by atoms with Gasteiger partial charge in [0, 0.05) is 11.4 Å². The van der Waals surface area contributed by atoms with Crippen molar-refractivity contribution < 1.29 is 9.53 Å². The van der Waals surface area contributed by atoms with Gasteiger partial charge in [-0.3, -0.25) is 14.2 Å².